The van der Waals surface area contributed by atoms with E-state index >= 15 is 0 Å². The van der Waals surface area contributed by atoms with Gasteiger partial charge in [-0.1, -0.05) is 25.0 Å². The summed E-state index contributed by atoms with van der Waals surface area (Å²) in [6, 6.07) is 4.62. The fraction of sp³-hybridized carbons (Fsp3) is 0.389. The SMILES string of the molecule is C=CCNS(=O)(=O)c1cccc(C(=O)OCC(=O)NC(=O)NC2CCCC2)c1. The average molecular weight is 409 g/mol. The molecule has 1 aliphatic rings. The minimum absolute atomic E-state index is 0.0373. The van der Waals surface area contributed by atoms with Crippen molar-refractivity contribution < 1.29 is 27.5 Å². The second kappa shape index (κ2) is 10.00. The minimum Gasteiger partial charge on any atom is -0.452 e. The number of amides is 3. The molecule has 3 N–H and O–H groups in total. The molecule has 1 saturated carbocycles. The van der Waals surface area contributed by atoms with E-state index < -0.39 is 34.5 Å². The Labute approximate surface area is 163 Å². The normalized spacial score (nSPS) is 14.3. The van der Waals surface area contributed by atoms with E-state index in [1.165, 1.54) is 24.3 Å². The summed E-state index contributed by atoms with van der Waals surface area (Å²) in [4.78, 5) is 35.4. The van der Waals surface area contributed by atoms with Crippen molar-refractivity contribution in [3.63, 3.8) is 0 Å². The molecule has 28 heavy (non-hydrogen) atoms. The predicted octanol–water partition coefficient (Wildman–Crippen LogP) is 1.08. The van der Waals surface area contributed by atoms with Crippen molar-refractivity contribution >= 4 is 27.9 Å². The molecule has 0 atom stereocenters. The van der Waals surface area contributed by atoms with Crippen LogP contribution in [-0.4, -0.2) is 45.5 Å². The summed E-state index contributed by atoms with van der Waals surface area (Å²) in [7, 11) is -3.80. The van der Waals surface area contributed by atoms with E-state index in [0.717, 1.165) is 31.7 Å². The summed E-state index contributed by atoms with van der Waals surface area (Å²) in [6.45, 7) is 2.80. The molecule has 0 heterocycles. The number of sulfonamides is 1. The second-order valence-electron chi connectivity index (χ2n) is 6.25. The summed E-state index contributed by atoms with van der Waals surface area (Å²) in [5.41, 5.74) is -0.0373. The summed E-state index contributed by atoms with van der Waals surface area (Å²) in [5, 5.41) is 4.77. The van der Waals surface area contributed by atoms with Crippen LogP contribution < -0.4 is 15.4 Å². The zero-order valence-electron chi connectivity index (χ0n) is 15.3. The lowest BCUT2D eigenvalue weighted by atomic mass is 10.2. The van der Waals surface area contributed by atoms with Crippen LogP contribution in [0.3, 0.4) is 0 Å². The van der Waals surface area contributed by atoms with Crippen LogP contribution in [0.5, 0.6) is 0 Å². The van der Waals surface area contributed by atoms with Crippen LogP contribution in [0.4, 0.5) is 4.79 Å². The molecule has 0 aromatic heterocycles. The predicted molar refractivity (Wildman–Crippen MR) is 101 cm³/mol. The number of imide groups is 1. The third-order valence-corrected chi connectivity index (χ3v) is 5.50. The lowest BCUT2D eigenvalue weighted by Crippen LogP contribution is -2.45. The molecule has 1 aromatic rings. The largest absolute Gasteiger partial charge is 0.452 e. The second-order valence-corrected chi connectivity index (χ2v) is 8.01. The van der Waals surface area contributed by atoms with E-state index in [0.29, 0.717) is 0 Å². The van der Waals surface area contributed by atoms with E-state index in [1.807, 2.05) is 0 Å². The maximum Gasteiger partial charge on any atom is 0.338 e. The third kappa shape index (κ3) is 6.46. The minimum atomic E-state index is -3.80. The maximum atomic E-state index is 12.1. The molecule has 0 saturated heterocycles. The highest BCUT2D eigenvalue weighted by Crippen LogP contribution is 2.17. The summed E-state index contributed by atoms with van der Waals surface area (Å²) < 4.78 is 31.3. The van der Waals surface area contributed by atoms with Crippen molar-refractivity contribution in [1.82, 2.24) is 15.4 Å². The monoisotopic (exact) mass is 409 g/mol. The first-order valence-electron chi connectivity index (χ1n) is 8.80. The number of nitrogens with one attached hydrogen (secondary N) is 3. The molecule has 0 spiro atoms. The van der Waals surface area contributed by atoms with Gasteiger partial charge in [0.25, 0.3) is 5.91 Å². The highest BCUT2D eigenvalue weighted by molar-refractivity contribution is 7.89. The number of benzene rings is 1. The van der Waals surface area contributed by atoms with Gasteiger partial charge in [-0.25, -0.2) is 22.7 Å². The van der Waals surface area contributed by atoms with Crippen LogP contribution in [0.1, 0.15) is 36.0 Å². The molecule has 152 valence electrons. The van der Waals surface area contributed by atoms with Gasteiger partial charge in [-0.05, 0) is 31.0 Å². The molecule has 0 aliphatic heterocycles. The number of urea groups is 1. The average Bonchev–Trinajstić information content (AvgIpc) is 3.17. The number of rotatable bonds is 8. The zero-order valence-corrected chi connectivity index (χ0v) is 16.1. The Balaban J connectivity index is 1.86. The molecule has 9 nitrogen and oxygen atoms in total. The quantitative estimate of drug-likeness (QED) is 0.435. The highest BCUT2D eigenvalue weighted by atomic mass is 32.2. The van der Waals surface area contributed by atoms with E-state index in [9.17, 15) is 22.8 Å². The zero-order chi connectivity index (χ0) is 20.6. The fourth-order valence-corrected chi connectivity index (χ4v) is 3.75. The number of hydrogen-bond acceptors (Lipinski definition) is 6. The van der Waals surface area contributed by atoms with Crippen LogP contribution in [0.2, 0.25) is 0 Å². The van der Waals surface area contributed by atoms with Gasteiger partial charge in [0.1, 0.15) is 0 Å². The van der Waals surface area contributed by atoms with Crippen LogP contribution in [-0.2, 0) is 19.6 Å². The van der Waals surface area contributed by atoms with Gasteiger partial charge < -0.3 is 10.1 Å². The molecular weight excluding hydrogens is 386 g/mol. The van der Waals surface area contributed by atoms with Crippen LogP contribution in [0, 0.1) is 0 Å². The van der Waals surface area contributed by atoms with E-state index in [2.05, 4.69) is 21.9 Å². The summed E-state index contributed by atoms with van der Waals surface area (Å²) in [5.74, 6) is -1.66. The van der Waals surface area contributed by atoms with E-state index in [1.54, 1.807) is 0 Å². The molecule has 10 heteroatoms. The fourth-order valence-electron chi connectivity index (χ4n) is 2.71. The van der Waals surface area contributed by atoms with Crippen LogP contribution >= 0.6 is 0 Å². The lowest BCUT2D eigenvalue weighted by molar-refractivity contribution is -0.123. The van der Waals surface area contributed by atoms with Crippen molar-refractivity contribution in [3.8, 4) is 0 Å². The van der Waals surface area contributed by atoms with Gasteiger partial charge in [-0.15, -0.1) is 6.58 Å². The summed E-state index contributed by atoms with van der Waals surface area (Å²) >= 11 is 0. The van der Waals surface area contributed by atoms with Gasteiger partial charge in [0.15, 0.2) is 6.61 Å². The molecule has 0 bridgehead atoms. The Morgan fingerprint density at radius 3 is 2.61 bits per heavy atom. The Hall–Kier alpha value is -2.72. The number of carbonyl (C=O) groups is 3. The molecule has 0 unspecified atom stereocenters. The van der Waals surface area contributed by atoms with Gasteiger partial charge in [0, 0.05) is 12.6 Å². The molecule has 1 fully saturated rings. The number of carbonyl (C=O) groups excluding carboxylic acids is 3. The van der Waals surface area contributed by atoms with Gasteiger partial charge in [0.05, 0.1) is 10.5 Å². The van der Waals surface area contributed by atoms with Crippen LogP contribution in [0.25, 0.3) is 0 Å². The molecule has 1 aliphatic carbocycles. The van der Waals surface area contributed by atoms with Gasteiger partial charge in [0.2, 0.25) is 10.0 Å². The first-order valence-corrected chi connectivity index (χ1v) is 10.3. The standard InChI is InChI=1S/C18H23N3O6S/c1-2-10-19-28(25,26)15-9-5-6-13(11-15)17(23)27-12-16(22)21-18(24)20-14-7-3-4-8-14/h2,5-6,9,11,14,19H,1,3-4,7-8,10,12H2,(H2,20,21,22,24). The first kappa shape index (κ1) is 21.6. The first-order chi connectivity index (χ1) is 13.3. The van der Waals surface area contributed by atoms with Crippen LogP contribution in [0.15, 0.2) is 41.8 Å². The molecular formula is C18H23N3O6S. The van der Waals surface area contributed by atoms with Crippen molar-refractivity contribution in [1.29, 1.82) is 0 Å². The topological polar surface area (TPSA) is 131 Å². The molecule has 2 rings (SSSR count). The Bertz CT molecular complexity index is 847. The van der Waals surface area contributed by atoms with E-state index in [4.69, 9.17) is 4.74 Å². The Kier molecular flexibility index (Phi) is 7.70. The number of ether oxygens (including phenoxy) is 1. The molecule has 0 radical (unpaired) electrons. The van der Waals surface area contributed by atoms with Crippen molar-refractivity contribution in [2.75, 3.05) is 13.2 Å². The summed E-state index contributed by atoms with van der Waals surface area (Å²) in [6.07, 6.45) is 5.20. The van der Waals surface area contributed by atoms with Crippen molar-refractivity contribution in [2.45, 2.75) is 36.6 Å². The maximum absolute atomic E-state index is 12.1. The lowest BCUT2D eigenvalue weighted by Gasteiger charge is -2.12. The Morgan fingerprint density at radius 2 is 1.93 bits per heavy atom. The smallest absolute Gasteiger partial charge is 0.338 e. The number of esters is 1. The highest BCUT2D eigenvalue weighted by Gasteiger charge is 2.20. The number of hydrogen-bond donors (Lipinski definition) is 3. The molecule has 3 amide bonds. The van der Waals surface area contributed by atoms with Crippen molar-refractivity contribution in [3.05, 3.63) is 42.5 Å². The van der Waals surface area contributed by atoms with Gasteiger partial charge in [-0.3, -0.25) is 10.1 Å². The Morgan fingerprint density at radius 1 is 1.21 bits per heavy atom. The van der Waals surface area contributed by atoms with Gasteiger partial charge >= 0.3 is 12.0 Å². The third-order valence-electron chi connectivity index (χ3n) is 4.08. The molecule has 1 aromatic carbocycles. The van der Waals surface area contributed by atoms with Crippen molar-refractivity contribution in [2.24, 2.45) is 0 Å². The van der Waals surface area contributed by atoms with E-state index in [-0.39, 0.29) is 23.0 Å². The van der Waals surface area contributed by atoms with Gasteiger partial charge in [-0.2, -0.15) is 0 Å².